The van der Waals surface area contributed by atoms with Crippen LogP contribution in [-0.4, -0.2) is 23.0 Å². The number of aliphatic imine (C=N–C) groups is 1. The number of benzene rings is 3. The van der Waals surface area contributed by atoms with Gasteiger partial charge in [-0.2, -0.15) is 0 Å². The average Bonchev–Trinajstić information content (AvgIpc) is 3.72. The van der Waals surface area contributed by atoms with Gasteiger partial charge in [0.05, 0.1) is 16.9 Å². The molecule has 0 saturated heterocycles. The third kappa shape index (κ3) is 5.80. The second-order valence-electron chi connectivity index (χ2n) is 16.4. The fraction of sp³-hybridized carbons (Fsp3) is 0.442. The van der Waals surface area contributed by atoms with Gasteiger partial charge in [0.15, 0.2) is 0 Å². The van der Waals surface area contributed by atoms with E-state index in [-0.39, 0.29) is 16.4 Å². The van der Waals surface area contributed by atoms with E-state index in [4.69, 9.17) is 19.5 Å². The van der Waals surface area contributed by atoms with Crippen molar-refractivity contribution >= 4 is 23.1 Å². The standard InChI is InChI=1S/C43H51N3O2/c1-27(2)29-21-30(40-45-43(9,26-47-40)31-13-10-11-14-31)23-35(22-29)48-34-20-28(3)19-33(25-34)46-38-17-16-32(41(4,5)6)24-37(38)42(7,8)36-15-12-18-44-39(36)46/h12,15-25,27,31H,10-11,13-14,26H2,1-9H3/t43-/m0/s1. The van der Waals surface area contributed by atoms with Crippen molar-refractivity contribution in [2.45, 2.75) is 110 Å². The molecule has 48 heavy (non-hydrogen) atoms. The lowest BCUT2D eigenvalue weighted by molar-refractivity contribution is 0.207. The number of aromatic nitrogens is 1. The molecule has 5 nitrogen and oxygen atoms in total. The van der Waals surface area contributed by atoms with Gasteiger partial charge in [0, 0.05) is 28.8 Å². The van der Waals surface area contributed by atoms with Crippen LogP contribution in [0.5, 0.6) is 11.5 Å². The van der Waals surface area contributed by atoms with Crippen LogP contribution >= 0.6 is 0 Å². The summed E-state index contributed by atoms with van der Waals surface area (Å²) in [6.07, 6.45) is 6.97. The van der Waals surface area contributed by atoms with Crippen molar-refractivity contribution in [1.29, 1.82) is 0 Å². The first-order valence-corrected chi connectivity index (χ1v) is 17.8. The summed E-state index contributed by atoms with van der Waals surface area (Å²) in [6, 6.07) is 24.2. The van der Waals surface area contributed by atoms with Crippen molar-refractivity contribution in [3.63, 3.8) is 0 Å². The van der Waals surface area contributed by atoms with Crippen LogP contribution in [-0.2, 0) is 15.6 Å². The Morgan fingerprint density at radius 3 is 2.38 bits per heavy atom. The van der Waals surface area contributed by atoms with Gasteiger partial charge in [-0.3, -0.25) is 4.90 Å². The van der Waals surface area contributed by atoms with E-state index in [1.54, 1.807) is 0 Å². The summed E-state index contributed by atoms with van der Waals surface area (Å²) in [6.45, 7) is 21.0. The van der Waals surface area contributed by atoms with E-state index in [2.05, 4.69) is 134 Å². The third-order valence-corrected chi connectivity index (χ3v) is 10.9. The normalized spacial score (nSPS) is 20.4. The van der Waals surface area contributed by atoms with Gasteiger partial charge in [-0.05, 0) is 109 Å². The van der Waals surface area contributed by atoms with E-state index in [9.17, 15) is 0 Å². The molecule has 1 atom stereocenters. The van der Waals surface area contributed by atoms with E-state index < -0.39 is 0 Å². The molecule has 3 heterocycles. The molecule has 1 aromatic heterocycles. The van der Waals surface area contributed by atoms with E-state index in [0.717, 1.165) is 45.7 Å². The number of aryl methyl sites for hydroxylation is 1. The van der Waals surface area contributed by atoms with Crippen LogP contribution in [0.3, 0.4) is 0 Å². The molecular formula is C43H51N3O2. The Morgan fingerprint density at radius 1 is 0.896 bits per heavy atom. The number of hydrogen-bond acceptors (Lipinski definition) is 5. The lowest BCUT2D eigenvalue weighted by Gasteiger charge is -2.41. The zero-order valence-electron chi connectivity index (χ0n) is 30.3. The van der Waals surface area contributed by atoms with Crippen molar-refractivity contribution in [3.8, 4) is 11.5 Å². The van der Waals surface area contributed by atoms with E-state index in [1.807, 2.05) is 6.20 Å². The van der Waals surface area contributed by atoms with Crippen molar-refractivity contribution in [2.75, 3.05) is 11.5 Å². The molecule has 1 fully saturated rings. The fourth-order valence-corrected chi connectivity index (χ4v) is 7.89. The van der Waals surface area contributed by atoms with Crippen molar-refractivity contribution in [1.82, 2.24) is 4.98 Å². The van der Waals surface area contributed by atoms with Gasteiger partial charge in [0.1, 0.15) is 23.9 Å². The molecule has 5 heteroatoms. The Kier molecular flexibility index (Phi) is 7.96. The quantitative estimate of drug-likeness (QED) is 0.210. The summed E-state index contributed by atoms with van der Waals surface area (Å²) in [7, 11) is 0. The monoisotopic (exact) mass is 641 g/mol. The molecule has 2 aliphatic heterocycles. The summed E-state index contributed by atoms with van der Waals surface area (Å²) in [5.74, 6) is 4.21. The number of ether oxygens (including phenoxy) is 2. The fourth-order valence-electron chi connectivity index (χ4n) is 7.89. The molecule has 0 amide bonds. The first-order chi connectivity index (χ1) is 22.7. The largest absolute Gasteiger partial charge is 0.475 e. The highest BCUT2D eigenvalue weighted by Gasteiger charge is 2.41. The number of pyridine rings is 1. The predicted molar refractivity (Wildman–Crippen MR) is 198 cm³/mol. The van der Waals surface area contributed by atoms with Crippen LogP contribution in [0.1, 0.15) is 120 Å². The lowest BCUT2D eigenvalue weighted by atomic mass is 9.72. The molecule has 250 valence electrons. The van der Waals surface area contributed by atoms with Gasteiger partial charge in [0.2, 0.25) is 5.90 Å². The molecule has 3 aromatic carbocycles. The van der Waals surface area contributed by atoms with Gasteiger partial charge < -0.3 is 9.47 Å². The molecule has 0 spiro atoms. The maximum atomic E-state index is 6.76. The third-order valence-electron chi connectivity index (χ3n) is 10.9. The Hall–Kier alpha value is -4.12. The Balaban J connectivity index is 1.28. The smallest absolute Gasteiger partial charge is 0.216 e. The van der Waals surface area contributed by atoms with Gasteiger partial charge in [-0.1, -0.05) is 79.5 Å². The van der Waals surface area contributed by atoms with Gasteiger partial charge in [-0.25, -0.2) is 9.98 Å². The Morgan fingerprint density at radius 2 is 1.65 bits per heavy atom. The van der Waals surface area contributed by atoms with Gasteiger partial charge in [0.25, 0.3) is 0 Å². The van der Waals surface area contributed by atoms with Gasteiger partial charge in [-0.15, -0.1) is 0 Å². The molecule has 7 rings (SSSR count). The molecule has 0 N–H and O–H groups in total. The molecule has 1 saturated carbocycles. The Labute approximate surface area is 287 Å². The van der Waals surface area contributed by atoms with Crippen LogP contribution in [0.25, 0.3) is 0 Å². The second-order valence-corrected chi connectivity index (χ2v) is 16.4. The highest BCUT2D eigenvalue weighted by atomic mass is 16.5. The molecular weight excluding hydrogens is 590 g/mol. The van der Waals surface area contributed by atoms with Crippen molar-refractivity contribution in [2.24, 2.45) is 10.9 Å². The zero-order chi connectivity index (χ0) is 34.0. The van der Waals surface area contributed by atoms with Crippen LogP contribution in [0, 0.1) is 12.8 Å². The van der Waals surface area contributed by atoms with E-state index in [0.29, 0.717) is 18.4 Å². The number of fused-ring (bicyclic) bond motifs is 2. The number of anilines is 3. The van der Waals surface area contributed by atoms with Crippen LogP contribution in [0.4, 0.5) is 17.2 Å². The summed E-state index contributed by atoms with van der Waals surface area (Å²) in [5.41, 5.74) is 9.03. The summed E-state index contributed by atoms with van der Waals surface area (Å²) in [5, 5.41) is 0. The summed E-state index contributed by atoms with van der Waals surface area (Å²) in [4.78, 5) is 12.5. The number of nitrogens with zero attached hydrogens (tertiary/aromatic N) is 3. The second kappa shape index (κ2) is 11.8. The molecule has 3 aliphatic rings. The van der Waals surface area contributed by atoms with Gasteiger partial charge >= 0.3 is 0 Å². The minimum atomic E-state index is -0.202. The first kappa shape index (κ1) is 32.4. The predicted octanol–water partition coefficient (Wildman–Crippen LogP) is 11.4. The minimum Gasteiger partial charge on any atom is -0.475 e. The molecule has 1 aliphatic carbocycles. The van der Waals surface area contributed by atoms with E-state index in [1.165, 1.54) is 47.9 Å². The lowest BCUT2D eigenvalue weighted by Crippen LogP contribution is -2.32. The van der Waals surface area contributed by atoms with Crippen molar-refractivity contribution in [3.05, 3.63) is 106 Å². The summed E-state index contributed by atoms with van der Waals surface area (Å²) >= 11 is 0. The summed E-state index contributed by atoms with van der Waals surface area (Å²) < 4.78 is 13.1. The highest BCUT2D eigenvalue weighted by molar-refractivity contribution is 5.96. The molecule has 0 radical (unpaired) electrons. The maximum Gasteiger partial charge on any atom is 0.216 e. The number of hydrogen-bond donors (Lipinski definition) is 0. The average molecular weight is 642 g/mol. The Bertz CT molecular complexity index is 1890. The zero-order valence-corrected chi connectivity index (χ0v) is 30.3. The van der Waals surface area contributed by atoms with E-state index >= 15 is 0 Å². The van der Waals surface area contributed by atoms with Crippen LogP contribution in [0.15, 0.2) is 77.9 Å². The number of rotatable bonds is 6. The molecule has 0 bridgehead atoms. The topological polar surface area (TPSA) is 47.0 Å². The highest BCUT2D eigenvalue weighted by Crippen LogP contribution is 2.52. The van der Waals surface area contributed by atoms with Crippen LogP contribution < -0.4 is 9.64 Å². The maximum absolute atomic E-state index is 6.76. The van der Waals surface area contributed by atoms with Crippen LogP contribution in [0.2, 0.25) is 0 Å². The molecule has 4 aromatic rings. The molecule has 0 unspecified atom stereocenters. The minimum absolute atomic E-state index is 0.0447. The SMILES string of the molecule is Cc1cc(Oc2cc(C3=N[C@](C)(C4CCCC4)CO3)cc(C(C)C)c2)cc(N2c3ccc(C(C)(C)C)cc3C(C)(C)c3cccnc32)c1. The first-order valence-electron chi connectivity index (χ1n) is 17.8. The van der Waals surface area contributed by atoms with Crippen molar-refractivity contribution < 1.29 is 9.47 Å².